The molecule has 2 atom stereocenters. The first kappa shape index (κ1) is 17.9. The van der Waals surface area contributed by atoms with E-state index in [1.165, 1.54) is 16.0 Å². The van der Waals surface area contributed by atoms with E-state index < -0.39 is 5.76 Å². The van der Waals surface area contributed by atoms with Gasteiger partial charge >= 0.3 is 0 Å². The summed E-state index contributed by atoms with van der Waals surface area (Å²) in [6, 6.07) is 14.7. The molecule has 2 aromatic carbocycles. The first-order chi connectivity index (χ1) is 12.0. The Morgan fingerprint density at radius 1 is 1.12 bits per heavy atom. The summed E-state index contributed by atoms with van der Waals surface area (Å²) in [6.45, 7) is 3.70. The molecule has 3 rings (SSSR count). The maximum Gasteiger partial charge on any atom is 0.288 e. The van der Waals surface area contributed by atoms with Gasteiger partial charge < -0.3 is 10.2 Å². The molecule has 1 amide bonds. The lowest BCUT2D eigenvalue weighted by atomic mass is 9.99. The van der Waals surface area contributed by atoms with Crippen molar-refractivity contribution in [2.24, 2.45) is 0 Å². The van der Waals surface area contributed by atoms with E-state index in [1.54, 1.807) is 24.3 Å². The van der Waals surface area contributed by atoms with Crippen LogP contribution >= 0.6 is 11.8 Å². The third kappa shape index (κ3) is 4.58. The third-order valence-corrected chi connectivity index (χ3v) is 5.33. The van der Waals surface area contributed by atoms with Gasteiger partial charge in [-0.25, -0.2) is 0 Å². The topological polar surface area (TPSA) is 33.5 Å². The molecule has 0 aromatic heterocycles. The van der Waals surface area contributed by atoms with Crippen molar-refractivity contribution >= 4 is 23.4 Å². The summed E-state index contributed by atoms with van der Waals surface area (Å²) < 4.78 is 24.7. The first-order valence-electron chi connectivity index (χ1n) is 8.30. The van der Waals surface area contributed by atoms with E-state index in [2.05, 4.69) is 23.5 Å². The van der Waals surface area contributed by atoms with Gasteiger partial charge in [0.25, 0.3) is 11.7 Å². The lowest BCUT2D eigenvalue weighted by Gasteiger charge is -2.30. The summed E-state index contributed by atoms with van der Waals surface area (Å²) in [4.78, 5) is 14.3. The number of anilines is 1. The lowest BCUT2D eigenvalue weighted by Crippen LogP contribution is -3.16. The monoisotopic (exact) mass is 363 g/mol. The predicted molar refractivity (Wildman–Crippen MR) is 96.1 cm³/mol. The predicted octanol–water partition coefficient (Wildman–Crippen LogP) is 2.97. The largest absolute Gasteiger partial charge is 0.321 e. The Morgan fingerprint density at radius 2 is 1.80 bits per heavy atom. The number of carbonyl (C=O) groups is 1. The molecule has 1 heterocycles. The molecule has 0 saturated heterocycles. The zero-order chi connectivity index (χ0) is 17.8. The number of fused-ring (bicyclic) bond motifs is 1. The van der Waals surface area contributed by atoms with E-state index in [9.17, 15) is 13.6 Å². The molecular formula is C19H21F2N2OS+. The minimum atomic E-state index is -2.44. The molecule has 132 valence electrons. The number of carbonyl (C=O) groups excluding carboxylic acids is 1. The van der Waals surface area contributed by atoms with Gasteiger partial charge in [-0.1, -0.05) is 36.0 Å². The Balaban J connectivity index is 1.59. The second kappa shape index (κ2) is 7.97. The summed E-state index contributed by atoms with van der Waals surface area (Å²) in [6.07, 6.45) is 0.975. The number of rotatable bonds is 5. The van der Waals surface area contributed by atoms with Crippen molar-refractivity contribution < 1.29 is 18.5 Å². The number of nitrogens with one attached hydrogen (secondary N) is 2. The van der Waals surface area contributed by atoms with E-state index in [0.717, 1.165) is 19.5 Å². The molecule has 0 saturated carbocycles. The number of hydrogen-bond acceptors (Lipinski definition) is 2. The van der Waals surface area contributed by atoms with Crippen LogP contribution in [0.25, 0.3) is 0 Å². The van der Waals surface area contributed by atoms with E-state index in [0.29, 0.717) is 22.3 Å². The van der Waals surface area contributed by atoms with Crippen molar-refractivity contribution in [1.29, 1.82) is 0 Å². The Labute approximate surface area is 150 Å². The number of thioether (sulfide) groups is 1. The molecule has 0 aliphatic carbocycles. The molecular weight excluding hydrogens is 342 g/mol. The van der Waals surface area contributed by atoms with Crippen LogP contribution in [0.15, 0.2) is 53.4 Å². The van der Waals surface area contributed by atoms with Crippen molar-refractivity contribution in [2.45, 2.75) is 36.6 Å². The van der Waals surface area contributed by atoms with Crippen molar-refractivity contribution in [1.82, 2.24) is 0 Å². The average molecular weight is 363 g/mol. The summed E-state index contributed by atoms with van der Waals surface area (Å²) in [5.41, 5.74) is 3.30. The van der Waals surface area contributed by atoms with E-state index in [4.69, 9.17) is 0 Å². The second-order valence-electron chi connectivity index (χ2n) is 6.22. The summed E-state index contributed by atoms with van der Waals surface area (Å²) >= 11 is 0.498. The van der Waals surface area contributed by atoms with Gasteiger partial charge in [0, 0.05) is 22.6 Å². The van der Waals surface area contributed by atoms with E-state index >= 15 is 0 Å². The van der Waals surface area contributed by atoms with Crippen LogP contribution < -0.4 is 10.2 Å². The minimum Gasteiger partial charge on any atom is -0.321 e. The summed E-state index contributed by atoms with van der Waals surface area (Å²) in [7, 11) is 0. The smallest absolute Gasteiger partial charge is 0.288 e. The molecule has 2 aromatic rings. The van der Waals surface area contributed by atoms with Gasteiger partial charge in [0.15, 0.2) is 6.04 Å². The molecule has 0 spiro atoms. The second-order valence-corrected chi connectivity index (χ2v) is 7.28. The fraction of sp³-hybridized carbons (Fsp3) is 0.316. The maximum absolute atomic E-state index is 12.5. The Bertz CT molecular complexity index is 736. The molecule has 1 aliphatic rings. The van der Waals surface area contributed by atoms with Gasteiger partial charge in [-0.2, -0.15) is 8.78 Å². The van der Waals surface area contributed by atoms with Crippen molar-refractivity contribution in [3.63, 3.8) is 0 Å². The molecule has 25 heavy (non-hydrogen) atoms. The van der Waals surface area contributed by atoms with Crippen LogP contribution in [0, 0.1) is 0 Å². The third-order valence-electron chi connectivity index (χ3n) is 4.60. The SMILES string of the molecule is C[C@@H](C(=O)Nc1ccc(SC(F)F)cc1)[NH+]1CCc2ccccc2C1. The van der Waals surface area contributed by atoms with Crippen molar-refractivity contribution in [3.8, 4) is 0 Å². The molecule has 0 bridgehead atoms. The molecule has 3 nitrogen and oxygen atoms in total. The fourth-order valence-corrected chi connectivity index (χ4v) is 3.63. The van der Waals surface area contributed by atoms with Crippen LogP contribution in [0.1, 0.15) is 18.1 Å². The Morgan fingerprint density at radius 3 is 2.48 bits per heavy atom. The average Bonchev–Trinajstić information content (AvgIpc) is 2.62. The number of quaternary nitrogens is 1. The standard InChI is InChI=1S/C19H20F2N2OS/c1-13(23-11-10-14-4-2-3-5-15(14)12-23)18(24)22-16-6-8-17(9-7-16)25-19(20)21/h2-9,13,19H,10-12H2,1H3,(H,22,24)/p+1/t13-/m0/s1. The van der Waals surface area contributed by atoms with Crippen molar-refractivity contribution in [2.75, 3.05) is 11.9 Å². The van der Waals surface area contributed by atoms with Gasteiger partial charge in [0.2, 0.25) is 0 Å². The van der Waals surface area contributed by atoms with E-state index in [-0.39, 0.29) is 11.9 Å². The first-order valence-corrected chi connectivity index (χ1v) is 9.18. The van der Waals surface area contributed by atoms with E-state index in [1.807, 2.05) is 13.0 Å². The highest BCUT2D eigenvalue weighted by Crippen LogP contribution is 2.26. The van der Waals surface area contributed by atoms with Crippen LogP contribution in [0.5, 0.6) is 0 Å². The number of amides is 1. The zero-order valence-electron chi connectivity index (χ0n) is 14.0. The molecule has 1 unspecified atom stereocenters. The van der Waals surface area contributed by atoms with Crippen molar-refractivity contribution in [3.05, 3.63) is 59.7 Å². The number of benzene rings is 2. The number of halogens is 2. The zero-order valence-corrected chi connectivity index (χ0v) is 14.8. The van der Waals surface area contributed by atoms with Crippen LogP contribution in [-0.2, 0) is 17.8 Å². The van der Waals surface area contributed by atoms with Crippen LogP contribution in [-0.4, -0.2) is 24.3 Å². The highest BCUT2D eigenvalue weighted by Gasteiger charge is 2.28. The molecule has 0 radical (unpaired) electrons. The number of hydrogen-bond donors (Lipinski definition) is 2. The molecule has 2 N–H and O–H groups in total. The highest BCUT2D eigenvalue weighted by molar-refractivity contribution is 7.99. The van der Waals surface area contributed by atoms with Crippen LogP contribution in [0.4, 0.5) is 14.5 Å². The quantitative estimate of drug-likeness (QED) is 0.801. The normalized spacial score (nSPS) is 17.8. The van der Waals surface area contributed by atoms with Gasteiger partial charge in [-0.3, -0.25) is 4.79 Å². The van der Waals surface area contributed by atoms with Crippen LogP contribution in [0.2, 0.25) is 0 Å². The van der Waals surface area contributed by atoms with Gasteiger partial charge in [-0.05, 0) is 36.8 Å². The van der Waals surface area contributed by atoms with Crippen LogP contribution in [0.3, 0.4) is 0 Å². The lowest BCUT2D eigenvalue weighted by molar-refractivity contribution is -0.929. The maximum atomic E-state index is 12.5. The molecule has 6 heteroatoms. The highest BCUT2D eigenvalue weighted by atomic mass is 32.2. The molecule has 0 fully saturated rings. The fourth-order valence-electron chi connectivity index (χ4n) is 3.13. The van der Waals surface area contributed by atoms with Gasteiger partial charge in [0.1, 0.15) is 6.54 Å². The summed E-state index contributed by atoms with van der Waals surface area (Å²) in [5, 5.41) is 2.89. The Hall–Kier alpha value is -1.92. The minimum absolute atomic E-state index is 0.0522. The van der Waals surface area contributed by atoms with Gasteiger partial charge in [0.05, 0.1) is 6.54 Å². The molecule has 1 aliphatic heterocycles. The van der Waals surface area contributed by atoms with Gasteiger partial charge in [-0.15, -0.1) is 0 Å². The number of alkyl halides is 2. The summed E-state index contributed by atoms with van der Waals surface area (Å²) in [5.74, 6) is -2.49. The Kier molecular flexibility index (Phi) is 5.71.